The lowest BCUT2D eigenvalue weighted by Gasteiger charge is -2.15. The summed E-state index contributed by atoms with van der Waals surface area (Å²) in [6, 6.07) is -0.569. The summed E-state index contributed by atoms with van der Waals surface area (Å²) in [7, 11) is 1.45. The molecular weight excluding hydrogens is 259 g/mol. The van der Waals surface area contributed by atoms with Crippen molar-refractivity contribution >= 4 is 22.5 Å². The summed E-state index contributed by atoms with van der Waals surface area (Å²) in [5.41, 5.74) is 0. The highest BCUT2D eigenvalue weighted by Gasteiger charge is 2.39. The minimum Gasteiger partial charge on any atom is -0.371 e. The number of aromatic nitrogens is 1. The van der Waals surface area contributed by atoms with Crippen molar-refractivity contribution < 1.29 is 23.1 Å². The Balaban J connectivity index is 2.29. The number of amides is 2. The van der Waals surface area contributed by atoms with E-state index in [0.717, 1.165) is 4.90 Å². The lowest BCUT2D eigenvalue weighted by atomic mass is 10.5. The molecule has 1 aliphatic heterocycles. The number of carbonyl (C=O) groups is 1. The Morgan fingerprint density at radius 1 is 1.59 bits per heavy atom. The molecule has 94 valence electrons. The van der Waals surface area contributed by atoms with Gasteiger partial charge in [0.1, 0.15) is 4.88 Å². The number of anilines is 1. The minimum atomic E-state index is -4.49. The van der Waals surface area contributed by atoms with Crippen LogP contribution in [-0.4, -0.2) is 40.8 Å². The number of hydrogen-bond acceptors (Lipinski definition) is 4. The number of rotatable bonds is 1. The molecule has 17 heavy (non-hydrogen) atoms. The first-order chi connectivity index (χ1) is 7.80. The van der Waals surface area contributed by atoms with E-state index in [0.29, 0.717) is 17.5 Å². The van der Waals surface area contributed by atoms with Gasteiger partial charge in [-0.1, -0.05) is 11.3 Å². The van der Waals surface area contributed by atoms with Crippen LogP contribution >= 0.6 is 11.3 Å². The maximum atomic E-state index is 12.4. The number of thiazole rings is 1. The maximum absolute atomic E-state index is 12.4. The molecule has 1 saturated heterocycles. The second-order valence-corrected chi connectivity index (χ2v) is 4.53. The number of hydrogen-bond donors (Lipinski definition) is 1. The Labute approximate surface area is 98.1 Å². The predicted octanol–water partition coefficient (Wildman–Crippen LogP) is 1.35. The highest BCUT2D eigenvalue weighted by atomic mass is 32.1. The van der Waals surface area contributed by atoms with Crippen molar-refractivity contribution in [2.24, 2.45) is 0 Å². The molecule has 1 aliphatic rings. The van der Waals surface area contributed by atoms with Gasteiger partial charge in [-0.25, -0.2) is 14.7 Å². The van der Waals surface area contributed by atoms with Crippen LogP contribution in [0.3, 0.4) is 0 Å². The molecule has 0 saturated carbocycles. The van der Waals surface area contributed by atoms with E-state index in [-0.39, 0.29) is 11.7 Å². The molecule has 9 heteroatoms. The highest BCUT2D eigenvalue weighted by Crippen LogP contribution is 2.37. The first-order valence-corrected chi connectivity index (χ1v) is 5.38. The molecule has 0 aliphatic carbocycles. The molecule has 2 amide bonds. The zero-order valence-corrected chi connectivity index (χ0v) is 9.42. The quantitative estimate of drug-likeness (QED) is 0.835. The SMILES string of the molecule is CN1CC(O)N(c2ncc(C(F)(F)F)s2)C1=O. The summed E-state index contributed by atoms with van der Waals surface area (Å²) in [6.07, 6.45) is -5.01. The van der Waals surface area contributed by atoms with Crippen molar-refractivity contribution in [1.29, 1.82) is 0 Å². The Kier molecular flexibility index (Phi) is 2.74. The van der Waals surface area contributed by atoms with E-state index in [1.54, 1.807) is 0 Å². The summed E-state index contributed by atoms with van der Waals surface area (Å²) in [4.78, 5) is 16.2. The molecule has 1 fully saturated rings. The molecule has 2 rings (SSSR count). The monoisotopic (exact) mass is 267 g/mol. The number of aliphatic hydroxyl groups is 1. The highest BCUT2D eigenvalue weighted by molar-refractivity contribution is 7.15. The van der Waals surface area contributed by atoms with Crippen LogP contribution in [0.4, 0.5) is 23.1 Å². The van der Waals surface area contributed by atoms with Gasteiger partial charge in [-0.2, -0.15) is 13.2 Å². The first-order valence-electron chi connectivity index (χ1n) is 4.56. The van der Waals surface area contributed by atoms with Gasteiger partial charge in [-0.05, 0) is 0 Å². The molecule has 0 aromatic carbocycles. The van der Waals surface area contributed by atoms with Gasteiger partial charge in [0, 0.05) is 7.05 Å². The van der Waals surface area contributed by atoms with E-state index in [1.165, 1.54) is 11.9 Å². The number of halogens is 3. The molecule has 1 aromatic rings. The maximum Gasteiger partial charge on any atom is 0.427 e. The lowest BCUT2D eigenvalue weighted by molar-refractivity contribution is -0.134. The molecule has 2 heterocycles. The fourth-order valence-corrected chi connectivity index (χ4v) is 2.25. The summed E-state index contributed by atoms with van der Waals surface area (Å²) in [5, 5.41) is 9.39. The third-order valence-electron chi connectivity index (χ3n) is 2.25. The zero-order chi connectivity index (χ0) is 12.8. The van der Waals surface area contributed by atoms with Crippen LogP contribution in [0.2, 0.25) is 0 Å². The molecule has 0 radical (unpaired) electrons. The van der Waals surface area contributed by atoms with Gasteiger partial charge < -0.3 is 10.0 Å². The van der Waals surface area contributed by atoms with Gasteiger partial charge >= 0.3 is 12.2 Å². The van der Waals surface area contributed by atoms with Crippen molar-refractivity contribution in [2.45, 2.75) is 12.4 Å². The average molecular weight is 267 g/mol. The van der Waals surface area contributed by atoms with Gasteiger partial charge in [-0.15, -0.1) is 0 Å². The number of nitrogens with zero attached hydrogens (tertiary/aromatic N) is 3. The van der Waals surface area contributed by atoms with Gasteiger partial charge in [0.05, 0.1) is 12.7 Å². The molecule has 0 spiro atoms. The van der Waals surface area contributed by atoms with Crippen LogP contribution in [0.15, 0.2) is 6.20 Å². The second kappa shape index (κ2) is 3.84. The molecular formula is C8H8F3N3O2S. The third-order valence-corrected chi connectivity index (χ3v) is 3.29. The van der Waals surface area contributed by atoms with Crippen molar-refractivity contribution in [1.82, 2.24) is 9.88 Å². The number of alkyl halides is 3. The topological polar surface area (TPSA) is 56.7 Å². The van der Waals surface area contributed by atoms with E-state index in [9.17, 15) is 23.1 Å². The third kappa shape index (κ3) is 2.07. The smallest absolute Gasteiger partial charge is 0.371 e. The summed E-state index contributed by atoms with van der Waals surface area (Å²) < 4.78 is 37.1. The largest absolute Gasteiger partial charge is 0.427 e. The van der Waals surface area contributed by atoms with E-state index < -0.39 is 23.3 Å². The number of carbonyl (C=O) groups excluding carboxylic acids is 1. The summed E-state index contributed by atoms with van der Waals surface area (Å²) in [6.45, 7) is 0.0414. The molecule has 0 bridgehead atoms. The van der Waals surface area contributed by atoms with Crippen molar-refractivity contribution in [3.63, 3.8) is 0 Å². The zero-order valence-electron chi connectivity index (χ0n) is 8.60. The van der Waals surface area contributed by atoms with Crippen molar-refractivity contribution in [3.8, 4) is 0 Å². The van der Waals surface area contributed by atoms with Crippen molar-refractivity contribution in [3.05, 3.63) is 11.1 Å². The van der Waals surface area contributed by atoms with E-state index in [1.807, 2.05) is 0 Å². The van der Waals surface area contributed by atoms with Gasteiger partial charge in [0.2, 0.25) is 0 Å². The minimum absolute atomic E-state index is 0.0414. The summed E-state index contributed by atoms with van der Waals surface area (Å²) >= 11 is 0.329. The predicted molar refractivity (Wildman–Crippen MR) is 53.6 cm³/mol. The molecule has 1 N–H and O–H groups in total. The average Bonchev–Trinajstić information content (AvgIpc) is 2.73. The van der Waals surface area contributed by atoms with Crippen molar-refractivity contribution in [2.75, 3.05) is 18.5 Å². The van der Waals surface area contributed by atoms with Crippen LogP contribution < -0.4 is 4.90 Å². The Hall–Kier alpha value is -1.35. The number of urea groups is 1. The van der Waals surface area contributed by atoms with Gasteiger partial charge in [0.25, 0.3) is 0 Å². The Morgan fingerprint density at radius 3 is 2.65 bits per heavy atom. The van der Waals surface area contributed by atoms with Gasteiger partial charge in [0.15, 0.2) is 11.4 Å². The Bertz CT molecular complexity index is 447. The van der Waals surface area contributed by atoms with E-state index in [2.05, 4.69) is 4.98 Å². The van der Waals surface area contributed by atoms with Crippen LogP contribution in [0, 0.1) is 0 Å². The summed E-state index contributed by atoms with van der Waals surface area (Å²) in [5.74, 6) is 0. The van der Waals surface area contributed by atoms with E-state index in [4.69, 9.17) is 0 Å². The number of β-amino-alcohol motifs (C(OH)–C–C–N with tert-alkyl or cyclic N) is 1. The molecule has 1 aromatic heterocycles. The van der Waals surface area contributed by atoms with Gasteiger partial charge in [-0.3, -0.25) is 0 Å². The molecule has 1 unspecified atom stereocenters. The van der Waals surface area contributed by atoms with Crippen LogP contribution in [0.1, 0.15) is 4.88 Å². The molecule has 1 atom stereocenters. The fourth-order valence-electron chi connectivity index (χ4n) is 1.43. The van der Waals surface area contributed by atoms with Crippen LogP contribution in [0.25, 0.3) is 0 Å². The molecule has 5 nitrogen and oxygen atoms in total. The normalized spacial score (nSPS) is 21.5. The van der Waals surface area contributed by atoms with Crippen LogP contribution in [-0.2, 0) is 6.18 Å². The number of aliphatic hydroxyl groups excluding tert-OH is 1. The standard InChI is InChI=1S/C8H8F3N3O2S/c1-13-3-5(15)14(7(13)16)6-12-2-4(17-6)8(9,10)11/h2,5,15H,3H2,1H3. The van der Waals surface area contributed by atoms with E-state index >= 15 is 0 Å². The first kappa shape index (κ1) is 12.1. The second-order valence-electron chi connectivity index (χ2n) is 3.52. The van der Waals surface area contributed by atoms with Crippen LogP contribution in [0.5, 0.6) is 0 Å². The Morgan fingerprint density at radius 2 is 2.24 bits per heavy atom. The lowest BCUT2D eigenvalue weighted by Crippen LogP contribution is -2.34. The number of likely N-dealkylation sites (N-methyl/N-ethyl adjacent to an activating group) is 1. The fraction of sp³-hybridized carbons (Fsp3) is 0.500.